The van der Waals surface area contributed by atoms with Crippen LogP contribution in [0.15, 0.2) is 24.3 Å². The highest BCUT2D eigenvalue weighted by Gasteiger charge is 2.17. The molecule has 1 aliphatic rings. The van der Waals surface area contributed by atoms with Crippen molar-refractivity contribution < 1.29 is 0 Å². The number of aromatic nitrogens is 2. The van der Waals surface area contributed by atoms with Crippen molar-refractivity contribution in [1.29, 1.82) is 0 Å². The lowest BCUT2D eigenvalue weighted by Crippen LogP contribution is -2.38. The number of para-hydroxylation sites is 2. The molecule has 1 aromatic heterocycles. The summed E-state index contributed by atoms with van der Waals surface area (Å²) in [5.41, 5.74) is 2.21. The van der Waals surface area contributed by atoms with Crippen molar-refractivity contribution in [3.05, 3.63) is 30.1 Å². The first-order valence-electron chi connectivity index (χ1n) is 8.22. The summed E-state index contributed by atoms with van der Waals surface area (Å²) in [5.74, 6) is 1.88. The van der Waals surface area contributed by atoms with Crippen LogP contribution in [0.5, 0.6) is 0 Å². The van der Waals surface area contributed by atoms with Crippen LogP contribution in [-0.2, 0) is 6.54 Å². The van der Waals surface area contributed by atoms with E-state index in [2.05, 4.69) is 40.3 Å². The largest absolute Gasteiger partial charge is 0.341 e. The Hall–Kier alpha value is -1.39. The van der Waals surface area contributed by atoms with Crippen LogP contribution >= 0.6 is 0 Å². The summed E-state index contributed by atoms with van der Waals surface area (Å²) in [6, 6.07) is 8.28. The fourth-order valence-corrected chi connectivity index (χ4v) is 3.29. The molecule has 1 fully saturated rings. The molecule has 2 aromatic rings. The van der Waals surface area contributed by atoms with E-state index in [9.17, 15) is 0 Å². The van der Waals surface area contributed by atoms with Crippen LogP contribution in [-0.4, -0.2) is 41.0 Å². The molecule has 2 N–H and O–H groups in total. The number of H-pyrrole nitrogens is 1. The molecule has 4 heteroatoms. The summed E-state index contributed by atoms with van der Waals surface area (Å²) in [6.07, 6.45) is 3.86. The number of fused-ring (bicyclic) bond motifs is 1. The molecule has 0 radical (unpaired) electrons. The highest BCUT2D eigenvalue weighted by atomic mass is 15.2. The topological polar surface area (TPSA) is 44.0 Å². The zero-order valence-corrected chi connectivity index (χ0v) is 12.9. The van der Waals surface area contributed by atoms with E-state index in [1.807, 2.05) is 6.07 Å². The van der Waals surface area contributed by atoms with Gasteiger partial charge in [0.2, 0.25) is 0 Å². The highest BCUT2D eigenvalue weighted by Crippen LogP contribution is 2.15. The molecule has 0 bridgehead atoms. The molecule has 1 aromatic carbocycles. The third-order valence-electron chi connectivity index (χ3n) is 4.27. The molecule has 0 saturated carbocycles. The van der Waals surface area contributed by atoms with Gasteiger partial charge in [0.15, 0.2) is 0 Å². The van der Waals surface area contributed by atoms with Gasteiger partial charge in [-0.25, -0.2) is 4.98 Å². The van der Waals surface area contributed by atoms with Crippen LogP contribution in [0.4, 0.5) is 0 Å². The number of piperidine rings is 1. The molecule has 21 heavy (non-hydrogen) atoms. The molecule has 1 aliphatic heterocycles. The van der Waals surface area contributed by atoms with E-state index in [0.29, 0.717) is 0 Å². The van der Waals surface area contributed by atoms with E-state index < -0.39 is 0 Å². The molecule has 0 spiro atoms. The first kappa shape index (κ1) is 14.5. The van der Waals surface area contributed by atoms with Crippen molar-refractivity contribution in [2.24, 2.45) is 5.92 Å². The Morgan fingerprint density at radius 2 is 2.24 bits per heavy atom. The van der Waals surface area contributed by atoms with E-state index >= 15 is 0 Å². The van der Waals surface area contributed by atoms with Gasteiger partial charge in [0, 0.05) is 6.54 Å². The summed E-state index contributed by atoms with van der Waals surface area (Å²) in [6.45, 7) is 7.86. The lowest BCUT2D eigenvalue weighted by molar-refractivity contribution is 0.198. The standard InChI is InChI=1S/C17H26N4/c1-2-10-21(12-14-6-5-9-18-11-14)13-17-19-15-7-3-4-8-16(15)20-17/h3-4,7-8,14,18H,2,5-6,9-13H2,1H3,(H,19,20). The van der Waals surface area contributed by atoms with E-state index in [1.54, 1.807) is 0 Å². The molecule has 0 amide bonds. The Morgan fingerprint density at radius 1 is 1.33 bits per heavy atom. The lowest BCUT2D eigenvalue weighted by atomic mass is 9.99. The first-order valence-corrected chi connectivity index (χ1v) is 8.22. The Balaban J connectivity index is 1.65. The summed E-state index contributed by atoms with van der Waals surface area (Å²) < 4.78 is 0. The van der Waals surface area contributed by atoms with Gasteiger partial charge in [-0.15, -0.1) is 0 Å². The van der Waals surface area contributed by atoms with Crippen molar-refractivity contribution in [3.63, 3.8) is 0 Å². The fraction of sp³-hybridized carbons (Fsp3) is 0.588. The highest BCUT2D eigenvalue weighted by molar-refractivity contribution is 5.74. The van der Waals surface area contributed by atoms with Crippen LogP contribution in [0, 0.1) is 5.92 Å². The average Bonchev–Trinajstić information content (AvgIpc) is 2.90. The van der Waals surface area contributed by atoms with Crippen LogP contribution < -0.4 is 5.32 Å². The zero-order chi connectivity index (χ0) is 14.5. The number of imidazole rings is 1. The molecule has 1 atom stereocenters. The number of benzene rings is 1. The summed E-state index contributed by atoms with van der Waals surface area (Å²) in [5, 5.41) is 3.52. The SMILES string of the molecule is CCCN(Cc1nc2ccccc2[nH]1)CC1CCCNC1. The van der Waals surface area contributed by atoms with Gasteiger partial charge < -0.3 is 10.3 Å². The fourth-order valence-electron chi connectivity index (χ4n) is 3.29. The Labute approximate surface area is 126 Å². The van der Waals surface area contributed by atoms with E-state index in [0.717, 1.165) is 35.9 Å². The zero-order valence-electron chi connectivity index (χ0n) is 12.9. The van der Waals surface area contributed by atoms with Gasteiger partial charge >= 0.3 is 0 Å². The molecule has 3 rings (SSSR count). The normalized spacial score (nSPS) is 19.4. The van der Waals surface area contributed by atoms with Gasteiger partial charge in [-0.1, -0.05) is 19.1 Å². The van der Waals surface area contributed by atoms with E-state index in [-0.39, 0.29) is 0 Å². The Bertz CT molecular complexity index is 524. The van der Waals surface area contributed by atoms with Gasteiger partial charge in [0.1, 0.15) is 5.82 Å². The van der Waals surface area contributed by atoms with Crippen molar-refractivity contribution >= 4 is 11.0 Å². The van der Waals surface area contributed by atoms with Gasteiger partial charge in [-0.2, -0.15) is 0 Å². The predicted molar refractivity (Wildman–Crippen MR) is 87.3 cm³/mol. The maximum Gasteiger partial charge on any atom is 0.121 e. The second-order valence-electron chi connectivity index (χ2n) is 6.15. The number of nitrogens with one attached hydrogen (secondary N) is 2. The van der Waals surface area contributed by atoms with Crippen molar-refractivity contribution in [3.8, 4) is 0 Å². The molecule has 0 aliphatic carbocycles. The second-order valence-corrected chi connectivity index (χ2v) is 6.15. The van der Waals surface area contributed by atoms with Crippen LogP contribution in [0.3, 0.4) is 0 Å². The third-order valence-corrected chi connectivity index (χ3v) is 4.27. The van der Waals surface area contributed by atoms with Crippen LogP contribution in [0.1, 0.15) is 32.0 Å². The Morgan fingerprint density at radius 3 is 3.00 bits per heavy atom. The summed E-state index contributed by atoms with van der Waals surface area (Å²) in [4.78, 5) is 10.7. The number of hydrogen-bond acceptors (Lipinski definition) is 3. The van der Waals surface area contributed by atoms with Gasteiger partial charge in [-0.3, -0.25) is 4.90 Å². The van der Waals surface area contributed by atoms with Gasteiger partial charge in [0.25, 0.3) is 0 Å². The number of rotatable bonds is 6. The molecule has 1 unspecified atom stereocenters. The van der Waals surface area contributed by atoms with Crippen LogP contribution in [0.2, 0.25) is 0 Å². The maximum absolute atomic E-state index is 4.72. The molecular formula is C17H26N4. The first-order chi connectivity index (χ1) is 10.3. The third kappa shape index (κ3) is 3.83. The molecule has 4 nitrogen and oxygen atoms in total. The van der Waals surface area contributed by atoms with Crippen LogP contribution in [0.25, 0.3) is 11.0 Å². The Kier molecular flexibility index (Phi) is 4.88. The number of nitrogens with zero attached hydrogens (tertiary/aromatic N) is 2. The number of aromatic amines is 1. The molecule has 2 heterocycles. The minimum atomic E-state index is 0.787. The minimum Gasteiger partial charge on any atom is -0.341 e. The van der Waals surface area contributed by atoms with E-state index in [4.69, 9.17) is 4.98 Å². The van der Waals surface area contributed by atoms with Gasteiger partial charge in [0.05, 0.1) is 17.6 Å². The molecular weight excluding hydrogens is 260 g/mol. The molecule has 114 valence electrons. The lowest BCUT2D eigenvalue weighted by Gasteiger charge is -2.29. The van der Waals surface area contributed by atoms with E-state index in [1.165, 1.54) is 38.9 Å². The monoisotopic (exact) mass is 286 g/mol. The smallest absolute Gasteiger partial charge is 0.121 e. The van der Waals surface area contributed by atoms with Crippen molar-refractivity contribution in [2.45, 2.75) is 32.7 Å². The number of hydrogen-bond donors (Lipinski definition) is 2. The quantitative estimate of drug-likeness (QED) is 0.858. The predicted octanol–water partition coefficient (Wildman–Crippen LogP) is 2.77. The second kappa shape index (κ2) is 7.05. The maximum atomic E-state index is 4.72. The van der Waals surface area contributed by atoms with Crippen molar-refractivity contribution in [1.82, 2.24) is 20.2 Å². The minimum absolute atomic E-state index is 0.787. The van der Waals surface area contributed by atoms with Gasteiger partial charge in [-0.05, 0) is 56.9 Å². The molecule has 1 saturated heterocycles. The summed E-state index contributed by atoms with van der Waals surface area (Å²) in [7, 11) is 0. The summed E-state index contributed by atoms with van der Waals surface area (Å²) >= 11 is 0. The average molecular weight is 286 g/mol. The van der Waals surface area contributed by atoms with Crippen molar-refractivity contribution in [2.75, 3.05) is 26.2 Å².